The molecule has 9 nitrogen and oxygen atoms in total. The number of carbonyl (C=O) groups is 1. The summed E-state index contributed by atoms with van der Waals surface area (Å²) in [6, 6.07) is 0. The SMILES string of the molecule is [2H]C([2H])(OC(F)(F)F)C([2H])([2H])n1nnc2c(C(N)=O)ncn2c1=O. The minimum Gasteiger partial charge on any atom is -0.364 e. The van der Waals surface area contributed by atoms with Crippen LogP contribution in [0.5, 0.6) is 0 Å². The molecule has 0 radical (unpaired) electrons. The molecule has 0 atom stereocenters. The molecule has 0 aliphatic carbocycles. The van der Waals surface area contributed by atoms with Crippen LogP contribution in [-0.4, -0.2) is 43.2 Å². The molecule has 0 aliphatic rings. The summed E-state index contributed by atoms with van der Waals surface area (Å²) in [6.07, 6.45) is -4.81. The molecular weight excluding hydrogens is 285 g/mol. The predicted molar refractivity (Wildman–Crippen MR) is 55.6 cm³/mol. The molecule has 2 aromatic heterocycles. The van der Waals surface area contributed by atoms with Crippen LogP contribution in [-0.2, 0) is 11.2 Å². The highest BCUT2D eigenvalue weighted by Crippen LogP contribution is 2.15. The van der Waals surface area contributed by atoms with Crippen LogP contribution in [0.3, 0.4) is 0 Å². The average molecular weight is 296 g/mol. The lowest BCUT2D eigenvalue weighted by Crippen LogP contribution is -2.32. The summed E-state index contributed by atoms with van der Waals surface area (Å²) in [5, 5.41) is 6.28. The van der Waals surface area contributed by atoms with E-state index in [1.54, 1.807) is 0 Å². The normalized spacial score (nSPS) is 16.4. The molecule has 2 aromatic rings. The summed E-state index contributed by atoms with van der Waals surface area (Å²) >= 11 is 0. The average Bonchev–Trinajstić information content (AvgIpc) is 2.80. The molecule has 108 valence electrons. The quantitative estimate of drug-likeness (QED) is 0.767. The standard InChI is InChI=1S/C8H7F3N6O3/c9-8(10,11)20-2-1-17-7(19)16-3-13-4(5(12)18)6(16)14-15-17/h3H,1-2H2,(H2,12,18)/i1D2,2D2. The molecule has 0 fully saturated rings. The van der Waals surface area contributed by atoms with E-state index in [0.717, 1.165) is 0 Å². The van der Waals surface area contributed by atoms with E-state index < -0.39 is 42.4 Å². The number of hydrogen-bond acceptors (Lipinski definition) is 6. The van der Waals surface area contributed by atoms with Gasteiger partial charge in [-0.3, -0.25) is 9.53 Å². The maximum absolute atomic E-state index is 12.2. The Labute approximate surface area is 113 Å². The van der Waals surface area contributed by atoms with Crippen molar-refractivity contribution in [3.8, 4) is 0 Å². The lowest BCUT2D eigenvalue weighted by molar-refractivity contribution is -0.325. The fourth-order valence-corrected chi connectivity index (χ4v) is 1.17. The number of aryl methyl sites for hydroxylation is 1. The van der Waals surface area contributed by atoms with Gasteiger partial charge in [0.05, 0.1) is 18.5 Å². The molecule has 2 rings (SSSR count). The summed E-state index contributed by atoms with van der Waals surface area (Å²) in [6.45, 7) is -7.73. The van der Waals surface area contributed by atoms with Crippen molar-refractivity contribution in [1.82, 2.24) is 24.4 Å². The molecule has 0 aromatic carbocycles. The fourth-order valence-electron chi connectivity index (χ4n) is 1.17. The van der Waals surface area contributed by atoms with E-state index in [1.807, 2.05) is 0 Å². The first-order chi connectivity index (χ1) is 10.8. The topological polar surface area (TPSA) is 117 Å². The zero-order chi connectivity index (χ0) is 18.5. The number of primary amides is 1. The third-order valence-electron chi connectivity index (χ3n) is 1.91. The number of imidazole rings is 1. The Morgan fingerprint density at radius 3 is 2.85 bits per heavy atom. The number of ether oxygens (including phenoxy) is 1. The molecule has 0 saturated heterocycles. The van der Waals surface area contributed by atoms with Crippen LogP contribution >= 0.6 is 0 Å². The van der Waals surface area contributed by atoms with E-state index in [-0.39, 0.29) is 4.68 Å². The van der Waals surface area contributed by atoms with Gasteiger partial charge < -0.3 is 5.73 Å². The third-order valence-corrected chi connectivity index (χ3v) is 1.91. The first-order valence-electron chi connectivity index (χ1n) is 6.68. The lowest BCUT2D eigenvalue weighted by atomic mass is 10.4. The number of nitrogens with two attached hydrogens (primary N) is 1. The molecule has 1 amide bonds. The highest BCUT2D eigenvalue weighted by Gasteiger charge is 2.28. The number of halogens is 3. The molecule has 0 spiro atoms. The fraction of sp³-hybridized carbons (Fsp3) is 0.375. The minimum atomic E-state index is -5.52. The predicted octanol–water partition coefficient (Wildman–Crippen LogP) is -1.08. The van der Waals surface area contributed by atoms with E-state index in [1.165, 1.54) is 0 Å². The summed E-state index contributed by atoms with van der Waals surface area (Å²) in [5.74, 6) is -1.08. The van der Waals surface area contributed by atoms with Crippen molar-refractivity contribution in [1.29, 1.82) is 0 Å². The Bertz CT molecular complexity index is 863. The lowest BCUT2D eigenvalue weighted by Gasteiger charge is -2.07. The number of aromatic nitrogens is 5. The summed E-state index contributed by atoms with van der Waals surface area (Å²) in [5.41, 5.74) is 2.55. The van der Waals surface area contributed by atoms with Gasteiger partial charge in [-0.15, -0.1) is 18.3 Å². The number of alkyl halides is 3. The van der Waals surface area contributed by atoms with Gasteiger partial charge in [-0.2, -0.15) is 4.68 Å². The molecule has 2 N–H and O–H groups in total. The molecular formula is C8H7F3N6O3. The van der Waals surface area contributed by atoms with E-state index in [0.29, 0.717) is 10.7 Å². The second-order valence-electron chi connectivity index (χ2n) is 3.20. The van der Waals surface area contributed by atoms with Crippen LogP contribution in [0.4, 0.5) is 13.2 Å². The van der Waals surface area contributed by atoms with Crippen LogP contribution < -0.4 is 11.4 Å². The Kier molecular flexibility index (Phi) is 2.30. The number of amides is 1. The third kappa shape index (κ3) is 2.74. The Hall–Kier alpha value is -2.50. The maximum atomic E-state index is 12.2. The molecule has 2 heterocycles. The highest BCUT2D eigenvalue weighted by molar-refractivity contribution is 5.96. The van der Waals surface area contributed by atoms with Crippen molar-refractivity contribution in [3.63, 3.8) is 0 Å². The first-order valence-corrected chi connectivity index (χ1v) is 4.68. The number of hydrogen-bond donors (Lipinski definition) is 1. The van der Waals surface area contributed by atoms with Gasteiger partial charge in [-0.1, -0.05) is 5.21 Å². The maximum Gasteiger partial charge on any atom is 0.522 e. The molecule has 0 aliphatic heterocycles. The van der Waals surface area contributed by atoms with Crippen LogP contribution in [0.25, 0.3) is 5.65 Å². The van der Waals surface area contributed by atoms with Crippen LogP contribution in [0.15, 0.2) is 11.1 Å². The smallest absolute Gasteiger partial charge is 0.364 e. The van der Waals surface area contributed by atoms with Crippen LogP contribution in [0.1, 0.15) is 16.0 Å². The highest BCUT2D eigenvalue weighted by atomic mass is 19.4. The molecule has 20 heavy (non-hydrogen) atoms. The van der Waals surface area contributed by atoms with Gasteiger partial charge in [0, 0.05) is 0 Å². The number of fused-ring (bicyclic) bond motifs is 1. The molecule has 0 bridgehead atoms. The van der Waals surface area contributed by atoms with Gasteiger partial charge in [-0.25, -0.2) is 14.2 Å². The van der Waals surface area contributed by atoms with Crippen molar-refractivity contribution in [2.75, 3.05) is 6.56 Å². The zero-order valence-electron chi connectivity index (χ0n) is 13.2. The molecule has 0 unspecified atom stereocenters. The molecule has 12 heteroatoms. The van der Waals surface area contributed by atoms with Gasteiger partial charge in [-0.05, 0) is 0 Å². The summed E-state index contributed by atoms with van der Waals surface area (Å²) < 4.78 is 69.1. The van der Waals surface area contributed by atoms with Gasteiger partial charge in [0.25, 0.3) is 5.91 Å². The van der Waals surface area contributed by atoms with Crippen molar-refractivity contribution in [3.05, 3.63) is 22.5 Å². The zero-order valence-corrected chi connectivity index (χ0v) is 9.25. The van der Waals surface area contributed by atoms with Crippen molar-refractivity contribution < 1.29 is 28.2 Å². The van der Waals surface area contributed by atoms with E-state index in [4.69, 9.17) is 11.2 Å². The Balaban J connectivity index is 2.61. The van der Waals surface area contributed by atoms with E-state index >= 15 is 0 Å². The second kappa shape index (κ2) is 4.88. The van der Waals surface area contributed by atoms with Crippen molar-refractivity contribution in [2.45, 2.75) is 12.9 Å². The van der Waals surface area contributed by atoms with E-state index in [2.05, 4.69) is 20.0 Å². The number of carbonyl (C=O) groups excluding carboxylic acids is 1. The Morgan fingerprint density at radius 2 is 2.25 bits per heavy atom. The van der Waals surface area contributed by atoms with Gasteiger partial charge >= 0.3 is 12.1 Å². The molecule has 0 saturated carbocycles. The van der Waals surface area contributed by atoms with Crippen molar-refractivity contribution >= 4 is 11.6 Å². The minimum absolute atomic E-state index is 0.307. The van der Waals surface area contributed by atoms with E-state index in [9.17, 15) is 22.8 Å². The summed E-state index contributed by atoms with van der Waals surface area (Å²) in [7, 11) is 0. The Morgan fingerprint density at radius 1 is 1.55 bits per heavy atom. The van der Waals surface area contributed by atoms with Crippen LogP contribution in [0, 0.1) is 0 Å². The van der Waals surface area contributed by atoms with Gasteiger partial charge in [0.15, 0.2) is 11.3 Å². The largest absolute Gasteiger partial charge is 0.522 e. The second-order valence-corrected chi connectivity index (χ2v) is 3.20. The van der Waals surface area contributed by atoms with Gasteiger partial charge in [0.2, 0.25) is 0 Å². The monoisotopic (exact) mass is 296 g/mol. The van der Waals surface area contributed by atoms with Crippen LogP contribution in [0.2, 0.25) is 0 Å². The van der Waals surface area contributed by atoms with Crippen molar-refractivity contribution in [2.24, 2.45) is 5.73 Å². The first kappa shape index (κ1) is 9.41. The summed E-state index contributed by atoms with van der Waals surface area (Å²) in [4.78, 5) is 26.6. The number of rotatable bonds is 4. The number of nitrogens with zero attached hydrogens (tertiary/aromatic N) is 5. The van der Waals surface area contributed by atoms with Gasteiger partial charge in [0.1, 0.15) is 6.33 Å².